The van der Waals surface area contributed by atoms with Crippen LogP contribution >= 0.6 is 11.8 Å². The Morgan fingerprint density at radius 2 is 1.81 bits per heavy atom. The fourth-order valence-electron chi connectivity index (χ4n) is 2.58. The monoisotopic (exact) mass is 297 g/mol. The molecule has 0 spiro atoms. The minimum Gasteiger partial charge on any atom is -0.324 e. The summed E-state index contributed by atoms with van der Waals surface area (Å²) in [6, 6.07) is 14.6. The number of thioether (sulfide) groups is 1. The average Bonchev–Trinajstić information content (AvgIpc) is 2.79. The highest BCUT2D eigenvalue weighted by Gasteiger charge is 2.43. The van der Waals surface area contributed by atoms with Crippen LogP contribution in [-0.4, -0.2) is 17.9 Å². The van der Waals surface area contributed by atoms with Gasteiger partial charge >= 0.3 is 0 Å². The normalized spacial score (nSPS) is 20.0. The van der Waals surface area contributed by atoms with Crippen LogP contribution < -0.4 is 5.32 Å². The van der Waals surface area contributed by atoms with Gasteiger partial charge in [-0.3, -0.25) is 9.59 Å². The van der Waals surface area contributed by atoms with Crippen LogP contribution in [0.15, 0.2) is 48.5 Å². The van der Waals surface area contributed by atoms with Gasteiger partial charge in [-0.2, -0.15) is 0 Å². The third-order valence-electron chi connectivity index (χ3n) is 3.94. The van der Waals surface area contributed by atoms with E-state index in [9.17, 15) is 9.59 Å². The van der Waals surface area contributed by atoms with Crippen LogP contribution in [0.1, 0.15) is 28.4 Å². The number of hydrogen-bond donors (Lipinski definition) is 1. The molecule has 1 atom stereocenters. The highest BCUT2D eigenvalue weighted by molar-refractivity contribution is 8.00. The van der Waals surface area contributed by atoms with Crippen molar-refractivity contribution >= 4 is 29.1 Å². The number of fused-ring (bicyclic) bond motifs is 1. The zero-order valence-corrected chi connectivity index (χ0v) is 12.7. The molecule has 2 aromatic rings. The van der Waals surface area contributed by atoms with Gasteiger partial charge < -0.3 is 5.32 Å². The van der Waals surface area contributed by atoms with Crippen LogP contribution in [0.4, 0.5) is 5.69 Å². The van der Waals surface area contributed by atoms with Crippen LogP contribution in [0, 0.1) is 0 Å². The molecule has 0 radical (unpaired) electrons. The number of benzene rings is 2. The lowest BCUT2D eigenvalue weighted by molar-refractivity contribution is -0.117. The second kappa shape index (κ2) is 5.04. The molecule has 3 nitrogen and oxygen atoms in total. The van der Waals surface area contributed by atoms with E-state index in [0.29, 0.717) is 16.8 Å². The summed E-state index contributed by atoms with van der Waals surface area (Å²) in [6.45, 7) is 1.88. The van der Waals surface area contributed by atoms with E-state index in [1.54, 1.807) is 18.2 Å². The summed E-state index contributed by atoms with van der Waals surface area (Å²) < 4.78 is -0.637. The molecule has 0 aliphatic carbocycles. The molecule has 106 valence electrons. The summed E-state index contributed by atoms with van der Waals surface area (Å²) in [5.41, 5.74) is 2.69. The molecule has 0 saturated heterocycles. The quantitative estimate of drug-likeness (QED) is 0.883. The predicted octanol–water partition coefficient (Wildman–Crippen LogP) is 3.45. The van der Waals surface area contributed by atoms with Gasteiger partial charge in [-0.1, -0.05) is 42.5 Å². The number of hydrogen-bond acceptors (Lipinski definition) is 3. The largest absolute Gasteiger partial charge is 0.324 e. The molecule has 21 heavy (non-hydrogen) atoms. The van der Waals surface area contributed by atoms with E-state index in [4.69, 9.17) is 0 Å². The highest BCUT2D eigenvalue weighted by atomic mass is 32.2. The first-order valence-corrected chi connectivity index (χ1v) is 7.90. The van der Waals surface area contributed by atoms with Crippen molar-refractivity contribution < 1.29 is 9.59 Å². The topological polar surface area (TPSA) is 46.2 Å². The number of carbonyl (C=O) groups excluding carboxylic acids is 2. The number of anilines is 1. The molecule has 0 bridgehead atoms. The predicted molar refractivity (Wildman–Crippen MR) is 85.8 cm³/mol. The number of para-hydroxylation sites is 1. The summed E-state index contributed by atoms with van der Waals surface area (Å²) in [4.78, 5) is 24.9. The van der Waals surface area contributed by atoms with Gasteiger partial charge in [0, 0.05) is 16.7 Å². The number of ketones is 1. The number of carbonyl (C=O) groups is 2. The molecule has 2 aromatic carbocycles. The standard InChI is InChI=1S/C17H15NO2S/c1-17(21-2)13-10-6-9-12(14(13)18-16(17)20)15(19)11-7-4-3-5-8-11/h3-10H,1-2H3,(H,18,20)/t17-/m1/s1. The first-order valence-electron chi connectivity index (χ1n) is 6.68. The van der Waals surface area contributed by atoms with Crippen LogP contribution in [-0.2, 0) is 9.54 Å². The third kappa shape index (κ3) is 2.07. The first-order chi connectivity index (χ1) is 10.1. The van der Waals surface area contributed by atoms with E-state index >= 15 is 0 Å². The van der Waals surface area contributed by atoms with Gasteiger partial charge in [0.2, 0.25) is 5.91 Å². The van der Waals surface area contributed by atoms with Gasteiger partial charge in [0.25, 0.3) is 0 Å². The van der Waals surface area contributed by atoms with Crippen molar-refractivity contribution in [3.05, 3.63) is 65.2 Å². The molecule has 1 N–H and O–H groups in total. The summed E-state index contributed by atoms with van der Waals surface area (Å²) >= 11 is 1.48. The molecular weight excluding hydrogens is 282 g/mol. The van der Waals surface area contributed by atoms with Crippen molar-refractivity contribution in [1.82, 2.24) is 0 Å². The fourth-order valence-corrected chi connectivity index (χ4v) is 3.20. The van der Waals surface area contributed by atoms with Crippen molar-refractivity contribution in [2.75, 3.05) is 11.6 Å². The molecule has 1 aliphatic heterocycles. The van der Waals surface area contributed by atoms with E-state index in [2.05, 4.69) is 5.32 Å². The second-order valence-corrected chi connectivity index (χ2v) is 6.34. The maximum atomic E-state index is 12.7. The summed E-state index contributed by atoms with van der Waals surface area (Å²) in [5, 5.41) is 2.88. The Morgan fingerprint density at radius 1 is 1.10 bits per heavy atom. The van der Waals surface area contributed by atoms with E-state index in [-0.39, 0.29) is 11.7 Å². The minimum atomic E-state index is -0.637. The lowest BCUT2D eigenvalue weighted by atomic mass is 9.95. The van der Waals surface area contributed by atoms with Crippen LogP contribution in [0.3, 0.4) is 0 Å². The van der Waals surface area contributed by atoms with Crippen molar-refractivity contribution in [2.24, 2.45) is 0 Å². The smallest absolute Gasteiger partial charge is 0.244 e. The molecule has 0 saturated carbocycles. The van der Waals surface area contributed by atoms with Crippen molar-refractivity contribution in [1.29, 1.82) is 0 Å². The van der Waals surface area contributed by atoms with Gasteiger partial charge in [-0.15, -0.1) is 11.8 Å². The van der Waals surface area contributed by atoms with Gasteiger partial charge in [-0.05, 0) is 19.2 Å². The Kier molecular flexibility index (Phi) is 3.33. The number of nitrogens with one attached hydrogen (secondary N) is 1. The van der Waals surface area contributed by atoms with Crippen molar-refractivity contribution in [3.63, 3.8) is 0 Å². The van der Waals surface area contributed by atoms with Gasteiger partial charge in [0.05, 0.1) is 5.69 Å². The van der Waals surface area contributed by atoms with Crippen LogP contribution in [0.2, 0.25) is 0 Å². The Labute approximate surface area is 127 Å². The van der Waals surface area contributed by atoms with E-state index < -0.39 is 4.75 Å². The maximum absolute atomic E-state index is 12.7. The Bertz CT molecular complexity index is 727. The number of amides is 1. The second-order valence-electron chi connectivity index (χ2n) is 5.11. The van der Waals surface area contributed by atoms with Gasteiger partial charge in [0.15, 0.2) is 5.78 Å². The zero-order chi connectivity index (χ0) is 15.0. The number of rotatable bonds is 3. The Morgan fingerprint density at radius 3 is 2.48 bits per heavy atom. The average molecular weight is 297 g/mol. The highest BCUT2D eigenvalue weighted by Crippen LogP contribution is 2.46. The molecule has 4 heteroatoms. The molecule has 3 rings (SSSR count). The zero-order valence-electron chi connectivity index (χ0n) is 11.8. The maximum Gasteiger partial charge on any atom is 0.244 e. The van der Waals surface area contributed by atoms with Crippen LogP contribution in [0.5, 0.6) is 0 Å². The van der Waals surface area contributed by atoms with E-state index in [1.165, 1.54) is 11.8 Å². The summed E-state index contributed by atoms with van der Waals surface area (Å²) in [5.74, 6) is -0.142. The van der Waals surface area contributed by atoms with Gasteiger partial charge in [0.1, 0.15) is 4.75 Å². The lowest BCUT2D eigenvalue weighted by Crippen LogP contribution is -2.26. The molecular formula is C17H15NO2S. The van der Waals surface area contributed by atoms with Crippen LogP contribution in [0.25, 0.3) is 0 Å². The minimum absolute atomic E-state index is 0.0710. The third-order valence-corrected chi connectivity index (χ3v) is 5.16. The summed E-state index contributed by atoms with van der Waals surface area (Å²) in [7, 11) is 0. The molecule has 0 aromatic heterocycles. The first kappa shape index (κ1) is 13.9. The molecule has 0 unspecified atom stereocenters. The fraction of sp³-hybridized carbons (Fsp3) is 0.176. The Hall–Kier alpha value is -2.07. The molecule has 1 amide bonds. The lowest BCUT2D eigenvalue weighted by Gasteiger charge is -2.19. The van der Waals surface area contributed by atoms with E-state index in [1.807, 2.05) is 43.5 Å². The van der Waals surface area contributed by atoms with Gasteiger partial charge in [-0.25, -0.2) is 0 Å². The SMILES string of the molecule is CS[C@@]1(C)C(=O)Nc2c(C(=O)c3ccccc3)cccc21. The molecule has 1 aliphatic rings. The summed E-state index contributed by atoms with van der Waals surface area (Å²) in [6.07, 6.45) is 1.90. The van der Waals surface area contributed by atoms with Crippen molar-refractivity contribution in [2.45, 2.75) is 11.7 Å². The van der Waals surface area contributed by atoms with Crippen molar-refractivity contribution in [3.8, 4) is 0 Å². The Balaban J connectivity index is 2.13. The van der Waals surface area contributed by atoms with E-state index in [0.717, 1.165) is 5.56 Å². The molecule has 0 fully saturated rings. The molecule has 1 heterocycles.